The summed E-state index contributed by atoms with van der Waals surface area (Å²) in [5, 5.41) is 51.5. The largest absolute Gasteiger partial charge is 0.493 e. The highest BCUT2D eigenvalue weighted by Gasteiger charge is 2.45. The molecule has 0 saturated carbocycles. The summed E-state index contributed by atoms with van der Waals surface area (Å²) < 4.78 is 32.5. The summed E-state index contributed by atoms with van der Waals surface area (Å²) in [5.74, 6) is 7.82. The molecule has 0 spiro atoms. The molecule has 1 aliphatic rings. The van der Waals surface area contributed by atoms with Crippen LogP contribution in [0.1, 0.15) is 23.7 Å². The third kappa shape index (κ3) is 6.67. The Balaban J connectivity index is 1.90. The molecule has 3 rings (SSSR count). The minimum Gasteiger partial charge on any atom is -0.493 e. The van der Waals surface area contributed by atoms with Gasteiger partial charge in [0.1, 0.15) is 36.6 Å². The van der Waals surface area contributed by atoms with E-state index >= 15 is 0 Å². The second-order valence-electron chi connectivity index (χ2n) is 8.51. The molecule has 2 aromatic rings. The molecule has 11 heteroatoms. The molecular weight excluding hydrogens is 500 g/mol. The lowest BCUT2D eigenvalue weighted by Crippen LogP contribution is -2.59. The van der Waals surface area contributed by atoms with Crippen LogP contribution in [0.4, 0.5) is 0 Å². The zero-order chi connectivity index (χ0) is 27.8. The van der Waals surface area contributed by atoms with E-state index in [0.717, 1.165) is 0 Å². The normalized spacial score (nSPS) is 24.5. The van der Waals surface area contributed by atoms with Crippen molar-refractivity contribution in [3.05, 3.63) is 47.5 Å². The first-order valence-electron chi connectivity index (χ1n) is 11.8. The first-order valence-corrected chi connectivity index (χ1v) is 11.8. The predicted octanol–water partition coefficient (Wildman–Crippen LogP) is 0.381. The maximum Gasteiger partial charge on any atom is 0.187 e. The van der Waals surface area contributed by atoms with Crippen molar-refractivity contribution in [1.29, 1.82) is 0 Å². The van der Waals surface area contributed by atoms with Crippen LogP contribution in [0, 0.1) is 11.8 Å². The number of benzene rings is 2. The maximum atomic E-state index is 11.2. The van der Waals surface area contributed by atoms with Crippen LogP contribution >= 0.6 is 0 Å². The first-order chi connectivity index (χ1) is 18.3. The van der Waals surface area contributed by atoms with Crippen LogP contribution < -0.4 is 18.9 Å². The van der Waals surface area contributed by atoms with Crippen molar-refractivity contribution in [2.45, 2.75) is 49.3 Å². The van der Waals surface area contributed by atoms with Gasteiger partial charge in [0.15, 0.2) is 29.3 Å². The van der Waals surface area contributed by atoms with Gasteiger partial charge in [-0.2, -0.15) is 0 Å². The topological polar surface area (TPSA) is 157 Å². The minimum absolute atomic E-state index is 0.0289. The van der Waals surface area contributed by atoms with Gasteiger partial charge in [0.2, 0.25) is 0 Å². The number of methoxy groups -OCH3 is 4. The average Bonchev–Trinajstić information content (AvgIpc) is 2.95. The van der Waals surface area contributed by atoms with Crippen molar-refractivity contribution in [1.82, 2.24) is 0 Å². The van der Waals surface area contributed by atoms with Crippen LogP contribution in [-0.2, 0) is 9.47 Å². The lowest BCUT2D eigenvalue weighted by molar-refractivity contribution is -0.316. The lowest BCUT2D eigenvalue weighted by atomic mass is 9.98. The molecule has 1 saturated heterocycles. The Morgan fingerprint density at radius 1 is 0.816 bits per heavy atom. The average molecular weight is 535 g/mol. The number of hydrogen-bond acceptors (Lipinski definition) is 11. The van der Waals surface area contributed by atoms with Crippen LogP contribution in [0.2, 0.25) is 0 Å². The third-order valence-electron chi connectivity index (χ3n) is 6.18. The monoisotopic (exact) mass is 534 g/mol. The van der Waals surface area contributed by atoms with Crippen LogP contribution in [0.15, 0.2) is 36.4 Å². The molecule has 0 amide bonds. The Morgan fingerprint density at radius 3 is 2.03 bits per heavy atom. The molecule has 0 unspecified atom stereocenters. The molecule has 7 atom stereocenters. The van der Waals surface area contributed by atoms with Gasteiger partial charge in [0, 0.05) is 12.0 Å². The molecule has 0 aromatic heterocycles. The van der Waals surface area contributed by atoms with E-state index in [1.165, 1.54) is 28.4 Å². The van der Waals surface area contributed by atoms with Crippen LogP contribution in [0.25, 0.3) is 0 Å². The zero-order valence-electron chi connectivity index (χ0n) is 21.6. The molecule has 1 fully saturated rings. The van der Waals surface area contributed by atoms with Gasteiger partial charge in [-0.1, -0.05) is 17.9 Å². The minimum atomic E-state index is -1.65. The van der Waals surface area contributed by atoms with Gasteiger partial charge in [-0.3, -0.25) is 0 Å². The second kappa shape index (κ2) is 13.6. The molecule has 1 aliphatic heterocycles. The van der Waals surface area contributed by atoms with Gasteiger partial charge in [-0.25, -0.2) is 0 Å². The Morgan fingerprint density at radius 2 is 1.42 bits per heavy atom. The van der Waals surface area contributed by atoms with Crippen molar-refractivity contribution in [2.24, 2.45) is 0 Å². The molecule has 2 aromatic carbocycles. The molecule has 0 radical (unpaired) electrons. The van der Waals surface area contributed by atoms with Crippen molar-refractivity contribution < 1.29 is 54.0 Å². The van der Waals surface area contributed by atoms with E-state index in [4.69, 9.17) is 28.4 Å². The fraction of sp³-hybridized carbons (Fsp3) is 0.481. The number of ether oxygens (including phenoxy) is 6. The summed E-state index contributed by atoms with van der Waals surface area (Å²) >= 11 is 0. The highest BCUT2D eigenvalue weighted by atomic mass is 16.7. The van der Waals surface area contributed by atoms with E-state index in [-0.39, 0.29) is 6.42 Å². The molecule has 1 heterocycles. The lowest BCUT2D eigenvalue weighted by Gasteiger charge is -2.41. The summed E-state index contributed by atoms with van der Waals surface area (Å²) in [4.78, 5) is 0. The second-order valence-corrected chi connectivity index (χ2v) is 8.51. The molecular formula is C27H34O11. The maximum absolute atomic E-state index is 11.2. The van der Waals surface area contributed by atoms with Gasteiger partial charge in [-0.05, 0) is 35.9 Å². The van der Waals surface area contributed by atoms with E-state index < -0.39 is 49.5 Å². The van der Waals surface area contributed by atoms with E-state index in [0.29, 0.717) is 34.1 Å². The Kier molecular flexibility index (Phi) is 10.6. The van der Waals surface area contributed by atoms with Gasteiger partial charge < -0.3 is 54.0 Å². The van der Waals surface area contributed by atoms with E-state index in [2.05, 4.69) is 11.8 Å². The third-order valence-corrected chi connectivity index (χ3v) is 6.18. The molecule has 0 bridgehead atoms. The quantitative estimate of drug-likeness (QED) is 0.269. The van der Waals surface area contributed by atoms with Crippen LogP contribution in [0.3, 0.4) is 0 Å². The Hall–Kier alpha value is -3.08. The smallest absolute Gasteiger partial charge is 0.187 e. The molecule has 11 nitrogen and oxygen atoms in total. The summed E-state index contributed by atoms with van der Waals surface area (Å²) in [6, 6.07) is 9.98. The van der Waals surface area contributed by atoms with E-state index in [1.807, 2.05) is 0 Å². The molecule has 38 heavy (non-hydrogen) atoms. The Bertz CT molecular complexity index is 1110. The van der Waals surface area contributed by atoms with Gasteiger partial charge in [0.05, 0.1) is 35.0 Å². The number of aliphatic hydroxyl groups is 5. The zero-order valence-corrected chi connectivity index (χ0v) is 21.6. The highest BCUT2D eigenvalue weighted by Crippen LogP contribution is 2.34. The first kappa shape index (κ1) is 29.5. The fourth-order valence-corrected chi connectivity index (χ4v) is 4.01. The highest BCUT2D eigenvalue weighted by molar-refractivity contribution is 5.48. The molecule has 208 valence electrons. The Labute approximate surface area is 221 Å². The summed E-state index contributed by atoms with van der Waals surface area (Å²) in [5.41, 5.74) is 1.03. The number of hydrogen-bond donors (Lipinski definition) is 5. The standard InChI is InChI=1S/C27H34O11/c1-33-17-10-8-15(12-20(17)35-3)6-5-7-19(23(29)16-9-11-18(34-2)21(13-16)36-4)37-27-26(32)25(31)24(30)22(14-28)38-27/h8-13,19,22-32H,7,14H2,1-4H3/t19-,22-,23+,24+,25+,26+,27-/m0/s1. The summed E-state index contributed by atoms with van der Waals surface area (Å²) in [7, 11) is 5.99. The molecule has 5 N–H and O–H groups in total. The van der Waals surface area contributed by atoms with Crippen LogP contribution in [0.5, 0.6) is 23.0 Å². The van der Waals surface area contributed by atoms with Gasteiger partial charge >= 0.3 is 0 Å². The fourth-order valence-electron chi connectivity index (χ4n) is 4.01. The van der Waals surface area contributed by atoms with Crippen molar-refractivity contribution >= 4 is 0 Å². The van der Waals surface area contributed by atoms with Crippen molar-refractivity contribution in [3.8, 4) is 34.8 Å². The predicted molar refractivity (Wildman–Crippen MR) is 134 cm³/mol. The van der Waals surface area contributed by atoms with E-state index in [9.17, 15) is 25.5 Å². The van der Waals surface area contributed by atoms with Crippen molar-refractivity contribution in [3.63, 3.8) is 0 Å². The molecule has 0 aliphatic carbocycles. The van der Waals surface area contributed by atoms with Crippen molar-refractivity contribution in [2.75, 3.05) is 35.0 Å². The number of aliphatic hydroxyl groups excluding tert-OH is 5. The van der Waals surface area contributed by atoms with E-state index in [1.54, 1.807) is 36.4 Å². The summed E-state index contributed by atoms with van der Waals surface area (Å²) in [6.45, 7) is -0.618. The van der Waals surface area contributed by atoms with Gasteiger partial charge in [0.25, 0.3) is 0 Å². The van der Waals surface area contributed by atoms with Crippen LogP contribution in [-0.4, -0.2) is 97.4 Å². The SMILES string of the molecule is COc1ccc(C#CC[C@H](O[C@H]2O[C@@H](CO)[C@@H](O)[C@@H](O)[C@H]2O)[C@H](O)c2ccc(OC)c(OC)c2)cc1OC. The van der Waals surface area contributed by atoms with Gasteiger partial charge in [-0.15, -0.1) is 0 Å². The number of rotatable bonds is 10. The summed E-state index contributed by atoms with van der Waals surface area (Å²) in [6.07, 6.45) is -9.84.